The second-order valence-electron chi connectivity index (χ2n) is 2.99. The van der Waals surface area contributed by atoms with Crippen LogP contribution in [0.5, 0.6) is 0 Å². The SMILES string of the molecule is C1CCOCCCCOCC1. The summed E-state index contributed by atoms with van der Waals surface area (Å²) in [6.07, 6.45) is 5.95. The second kappa shape index (κ2) is 6.62. The van der Waals surface area contributed by atoms with Crippen LogP contribution in [0, 0.1) is 0 Å². The molecule has 1 heterocycles. The Morgan fingerprint density at radius 2 is 0.818 bits per heavy atom. The summed E-state index contributed by atoms with van der Waals surface area (Å²) in [5, 5.41) is 0. The minimum absolute atomic E-state index is 0.920. The van der Waals surface area contributed by atoms with Gasteiger partial charge in [-0.25, -0.2) is 0 Å². The summed E-state index contributed by atoms with van der Waals surface area (Å²) in [5.74, 6) is 0. The fourth-order valence-corrected chi connectivity index (χ4v) is 1.20. The van der Waals surface area contributed by atoms with Crippen molar-refractivity contribution < 1.29 is 9.47 Å². The molecule has 0 amide bonds. The maximum Gasteiger partial charge on any atom is 0.0466 e. The summed E-state index contributed by atoms with van der Waals surface area (Å²) in [6.45, 7) is 3.73. The van der Waals surface area contributed by atoms with Gasteiger partial charge < -0.3 is 9.47 Å². The van der Waals surface area contributed by atoms with E-state index in [1.165, 1.54) is 19.3 Å². The molecule has 0 aromatic heterocycles. The summed E-state index contributed by atoms with van der Waals surface area (Å²) in [7, 11) is 0. The fourth-order valence-electron chi connectivity index (χ4n) is 1.20. The third-order valence-corrected chi connectivity index (χ3v) is 1.90. The van der Waals surface area contributed by atoms with Crippen LogP contribution in [-0.4, -0.2) is 26.4 Å². The van der Waals surface area contributed by atoms with Crippen molar-refractivity contribution >= 4 is 0 Å². The fraction of sp³-hybridized carbons (Fsp3) is 1.00. The van der Waals surface area contributed by atoms with Gasteiger partial charge in [-0.2, -0.15) is 0 Å². The van der Waals surface area contributed by atoms with E-state index >= 15 is 0 Å². The van der Waals surface area contributed by atoms with Crippen molar-refractivity contribution in [3.8, 4) is 0 Å². The third kappa shape index (κ3) is 5.22. The Balaban J connectivity index is 2.02. The van der Waals surface area contributed by atoms with Gasteiger partial charge >= 0.3 is 0 Å². The molecule has 2 nitrogen and oxygen atoms in total. The standard InChI is InChI=1S/C9H18O2/c1-2-6-10-8-4-5-9-11-7-3-1/h1-9H2. The largest absolute Gasteiger partial charge is 0.381 e. The molecule has 1 saturated heterocycles. The minimum Gasteiger partial charge on any atom is -0.381 e. The van der Waals surface area contributed by atoms with Crippen LogP contribution in [-0.2, 0) is 9.47 Å². The lowest BCUT2D eigenvalue weighted by Crippen LogP contribution is -1.97. The van der Waals surface area contributed by atoms with Gasteiger partial charge in [0.05, 0.1) is 0 Å². The van der Waals surface area contributed by atoms with Gasteiger partial charge in [0.15, 0.2) is 0 Å². The van der Waals surface area contributed by atoms with E-state index in [9.17, 15) is 0 Å². The van der Waals surface area contributed by atoms with Gasteiger partial charge in [-0.1, -0.05) is 0 Å². The average Bonchev–Trinajstić information content (AvgIpc) is 2.08. The summed E-state index contributed by atoms with van der Waals surface area (Å²) >= 11 is 0. The predicted molar refractivity (Wildman–Crippen MR) is 44.7 cm³/mol. The first-order chi connectivity index (χ1) is 5.50. The maximum atomic E-state index is 5.41. The molecule has 0 bridgehead atoms. The molecule has 0 aromatic carbocycles. The Hall–Kier alpha value is -0.0800. The Morgan fingerprint density at radius 3 is 1.27 bits per heavy atom. The zero-order valence-corrected chi connectivity index (χ0v) is 7.18. The molecule has 0 aliphatic carbocycles. The van der Waals surface area contributed by atoms with Gasteiger partial charge in [-0.15, -0.1) is 0 Å². The number of hydrogen-bond acceptors (Lipinski definition) is 2. The lowest BCUT2D eigenvalue weighted by molar-refractivity contribution is 0.114. The van der Waals surface area contributed by atoms with Crippen molar-refractivity contribution in [2.75, 3.05) is 26.4 Å². The first kappa shape index (κ1) is 9.01. The topological polar surface area (TPSA) is 18.5 Å². The Labute approximate surface area is 68.9 Å². The normalized spacial score (nSPS) is 24.0. The first-order valence-electron chi connectivity index (χ1n) is 4.65. The first-order valence-corrected chi connectivity index (χ1v) is 4.65. The van der Waals surface area contributed by atoms with E-state index in [0.29, 0.717) is 0 Å². The van der Waals surface area contributed by atoms with Gasteiger partial charge in [0.2, 0.25) is 0 Å². The molecule has 0 saturated carbocycles. The molecule has 1 aliphatic heterocycles. The molecule has 66 valence electrons. The zero-order valence-electron chi connectivity index (χ0n) is 7.18. The zero-order chi connectivity index (χ0) is 7.78. The van der Waals surface area contributed by atoms with Crippen LogP contribution in [0.15, 0.2) is 0 Å². The molecular formula is C9H18O2. The Bertz CT molecular complexity index is 45.6. The van der Waals surface area contributed by atoms with Crippen LogP contribution in [0.3, 0.4) is 0 Å². The predicted octanol–water partition coefficient (Wildman–Crippen LogP) is 1.98. The second-order valence-corrected chi connectivity index (χ2v) is 2.99. The molecule has 1 fully saturated rings. The molecule has 1 rings (SSSR count). The van der Waals surface area contributed by atoms with Gasteiger partial charge in [0.25, 0.3) is 0 Å². The van der Waals surface area contributed by atoms with Crippen molar-refractivity contribution in [2.45, 2.75) is 32.1 Å². The molecule has 11 heavy (non-hydrogen) atoms. The highest BCUT2D eigenvalue weighted by molar-refractivity contribution is 4.45. The monoisotopic (exact) mass is 158 g/mol. The van der Waals surface area contributed by atoms with Crippen molar-refractivity contribution in [3.05, 3.63) is 0 Å². The van der Waals surface area contributed by atoms with Crippen LogP contribution >= 0.6 is 0 Å². The van der Waals surface area contributed by atoms with E-state index in [0.717, 1.165) is 39.3 Å². The molecule has 2 heteroatoms. The lowest BCUT2D eigenvalue weighted by atomic mass is 10.2. The molecule has 0 spiro atoms. The van der Waals surface area contributed by atoms with Gasteiger partial charge in [-0.3, -0.25) is 0 Å². The molecule has 0 N–H and O–H groups in total. The van der Waals surface area contributed by atoms with Crippen LogP contribution in [0.1, 0.15) is 32.1 Å². The lowest BCUT2D eigenvalue weighted by Gasteiger charge is -2.00. The molecule has 0 aromatic rings. The van der Waals surface area contributed by atoms with Crippen molar-refractivity contribution in [1.29, 1.82) is 0 Å². The van der Waals surface area contributed by atoms with Crippen LogP contribution in [0.2, 0.25) is 0 Å². The summed E-state index contributed by atoms with van der Waals surface area (Å²) in [6, 6.07) is 0. The van der Waals surface area contributed by atoms with Gasteiger partial charge in [-0.05, 0) is 32.1 Å². The highest BCUT2D eigenvalue weighted by Gasteiger charge is 1.95. The highest BCUT2D eigenvalue weighted by Crippen LogP contribution is 2.01. The Kier molecular flexibility index (Phi) is 5.42. The Morgan fingerprint density at radius 1 is 0.455 bits per heavy atom. The van der Waals surface area contributed by atoms with Crippen molar-refractivity contribution in [1.82, 2.24) is 0 Å². The number of rotatable bonds is 0. The van der Waals surface area contributed by atoms with E-state index in [2.05, 4.69) is 0 Å². The van der Waals surface area contributed by atoms with E-state index < -0.39 is 0 Å². The minimum atomic E-state index is 0.920. The smallest absolute Gasteiger partial charge is 0.0466 e. The van der Waals surface area contributed by atoms with E-state index in [-0.39, 0.29) is 0 Å². The van der Waals surface area contributed by atoms with Crippen LogP contribution in [0.4, 0.5) is 0 Å². The van der Waals surface area contributed by atoms with Crippen molar-refractivity contribution in [2.24, 2.45) is 0 Å². The summed E-state index contributed by atoms with van der Waals surface area (Å²) in [4.78, 5) is 0. The average molecular weight is 158 g/mol. The third-order valence-electron chi connectivity index (χ3n) is 1.90. The summed E-state index contributed by atoms with van der Waals surface area (Å²) in [5.41, 5.74) is 0. The highest BCUT2D eigenvalue weighted by atomic mass is 16.5. The molecular weight excluding hydrogens is 140 g/mol. The number of ether oxygens (including phenoxy) is 2. The molecule has 1 aliphatic rings. The van der Waals surface area contributed by atoms with E-state index in [1.54, 1.807) is 0 Å². The van der Waals surface area contributed by atoms with E-state index in [1.807, 2.05) is 0 Å². The quantitative estimate of drug-likeness (QED) is 0.536. The van der Waals surface area contributed by atoms with Crippen LogP contribution in [0.25, 0.3) is 0 Å². The molecule has 0 unspecified atom stereocenters. The van der Waals surface area contributed by atoms with E-state index in [4.69, 9.17) is 9.47 Å². The van der Waals surface area contributed by atoms with Gasteiger partial charge in [0, 0.05) is 26.4 Å². The molecule has 0 atom stereocenters. The van der Waals surface area contributed by atoms with Gasteiger partial charge in [0.1, 0.15) is 0 Å². The number of hydrogen-bond donors (Lipinski definition) is 0. The molecule has 0 radical (unpaired) electrons. The maximum absolute atomic E-state index is 5.41. The summed E-state index contributed by atoms with van der Waals surface area (Å²) < 4.78 is 10.8. The van der Waals surface area contributed by atoms with Crippen LogP contribution < -0.4 is 0 Å². The van der Waals surface area contributed by atoms with Crippen molar-refractivity contribution in [3.63, 3.8) is 0 Å².